The maximum Gasteiger partial charge on any atom is 0.167 e. The monoisotopic (exact) mass is 269 g/mol. The minimum Gasteiger partial charge on any atom is -0.494 e. The van der Waals surface area contributed by atoms with Crippen LogP contribution in [-0.2, 0) is 0 Å². The number of unbranched alkanes of at least 4 members (excludes halogenated alkanes) is 3. The number of benzene rings is 1. The minimum absolute atomic E-state index is 0.0642. The van der Waals surface area contributed by atoms with Crippen LogP contribution in [0.5, 0.6) is 11.5 Å². The van der Waals surface area contributed by atoms with E-state index >= 15 is 0 Å². The fraction of sp³-hybridized carbons (Fsp3) is 0.600. The highest BCUT2D eigenvalue weighted by atomic mass is 19.1. The van der Waals surface area contributed by atoms with Gasteiger partial charge in [-0.15, -0.1) is 0 Å². The van der Waals surface area contributed by atoms with Gasteiger partial charge in [-0.3, -0.25) is 0 Å². The molecule has 0 saturated heterocycles. The van der Waals surface area contributed by atoms with Crippen LogP contribution in [0.4, 0.5) is 10.1 Å². The van der Waals surface area contributed by atoms with E-state index in [1.165, 1.54) is 38.5 Å². The summed E-state index contributed by atoms with van der Waals surface area (Å²) in [5, 5.41) is 0. The molecule has 0 amide bonds. The lowest BCUT2D eigenvalue weighted by Crippen LogP contribution is -2.13. The molecule has 108 valence electrons. The zero-order chi connectivity index (χ0) is 14.3. The molecule has 1 rings (SSSR count). The molecule has 0 fully saturated rings. The second kappa shape index (κ2) is 7.87. The lowest BCUT2D eigenvalue weighted by atomic mass is 10.1. The van der Waals surface area contributed by atoms with Gasteiger partial charge in [0, 0.05) is 12.1 Å². The molecule has 19 heavy (non-hydrogen) atoms. The van der Waals surface area contributed by atoms with Crippen molar-refractivity contribution in [3.63, 3.8) is 0 Å². The largest absolute Gasteiger partial charge is 0.494 e. The molecular formula is C15H24FNO2. The van der Waals surface area contributed by atoms with E-state index in [2.05, 4.69) is 6.92 Å². The van der Waals surface area contributed by atoms with Crippen LogP contribution in [0.1, 0.15) is 46.0 Å². The van der Waals surface area contributed by atoms with Crippen molar-refractivity contribution in [3.05, 3.63) is 17.9 Å². The number of halogens is 1. The van der Waals surface area contributed by atoms with E-state index in [4.69, 9.17) is 15.2 Å². The van der Waals surface area contributed by atoms with Crippen LogP contribution in [0, 0.1) is 5.82 Å². The third kappa shape index (κ3) is 4.97. The first-order chi connectivity index (χ1) is 9.08. The van der Waals surface area contributed by atoms with Gasteiger partial charge in [0.2, 0.25) is 0 Å². The van der Waals surface area contributed by atoms with Gasteiger partial charge in [0.15, 0.2) is 11.6 Å². The maximum atomic E-state index is 13.4. The van der Waals surface area contributed by atoms with Crippen molar-refractivity contribution in [2.75, 3.05) is 12.8 Å². The molecule has 0 aromatic heterocycles. The minimum atomic E-state index is -0.469. The summed E-state index contributed by atoms with van der Waals surface area (Å²) in [7, 11) is 1.42. The quantitative estimate of drug-likeness (QED) is 0.569. The summed E-state index contributed by atoms with van der Waals surface area (Å²) in [5.74, 6) is 0.173. The molecule has 2 N–H and O–H groups in total. The number of hydrogen-bond acceptors (Lipinski definition) is 3. The molecule has 0 aliphatic rings. The van der Waals surface area contributed by atoms with Gasteiger partial charge in [-0.2, -0.15) is 0 Å². The predicted molar refractivity (Wildman–Crippen MR) is 76.2 cm³/mol. The molecule has 4 heteroatoms. The number of rotatable bonds is 8. The second-order valence-electron chi connectivity index (χ2n) is 4.80. The molecule has 0 spiro atoms. The van der Waals surface area contributed by atoms with Crippen LogP contribution >= 0.6 is 0 Å². The van der Waals surface area contributed by atoms with Crippen LogP contribution in [0.2, 0.25) is 0 Å². The summed E-state index contributed by atoms with van der Waals surface area (Å²) in [4.78, 5) is 0. The van der Waals surface area contributed by atoms with E-state index in [0.717, 1.165) is 12.8 Å². The van der Waals surface area contributed by atoms with Gasteiger partial charge in [0.25, 0.3) is 0 Å². The number of nitrogens with two attached hydrogens (primary N) is 1. The normalized spacial score (nSPS) is 12.2. The Bertz CT molecular complexity index is 396. The van der Waals surface area contributed by atoms with Crippen molar-refractivity contribution in [1.82, 2.24) is 0 Å². The second-order valence-corrected chi connectivity index (χ2v) is 4.80. The maximum absolute atomic E-state index is 13.4. The van der Waals surface area contributed by atoms with Gasteiger partial charge < -0.3 is 15.2 Å². The fourth-order valence-corrected chi connectivity index (χ4v) is 1.94. The Morgan fingerprint density at radius 2 is 1.95 bits per heavy atom. The molecule has 0 aliphatic heterocycles. The smallest absolute Gasteiger partial charge is 0.167 e. The fourth-order valence-electron chi connectivity index (χ4n) is 1.94. The first kappa shape index (κ1) is 15.6. The molecule has 0 bridgehead atoms. The topological polar surface area (TPSA) is 44.5 Å². The molecule has 0 aliphatic carbocycles. The Labute approximate surface area is 114 Å². The van der Waals surface area contributed by atoms with Crippen LogP contribution in [0.3, 0.4) is 0 Å². The van der Waals surface area contributed by atoms with Crippen molar-refractivity contribution in [2.45, 2.75) is 52.1 Å². The Hall–Kier alpha value is -1.45. The number of hydrogen-bond donors (Lipinski definition) is 1. The number of ether oxygens (including phenoxy) is 2. The van der Waals surface area contributed by atoms with Crippen molar-refractivity contribution >= 4 is 5.69 Å². The molecule has 1 aromatic rings. The molecule has 1 aromatic carbocycles. The SMILES string of the molecule is CCCCCCC(C)Oc1cc(OC)c(F)cc1N. The molecule has 1 unspecified atom stereocenters. The summed E-state index contributed by atoms with van der Waals surface area (Å²) in [6.45, 7) is 4.19. The predicted octanol–water partition coefficient (Wildman–Crippen LogP) is 4.15. The molecular weight excluding hydrogens is 245 g/mol. The lowest BCUT2D eigenvalue weighted by molar-refractivity contribution is 0.206. The van der Waals surface area contributed by atoms with Crippen LogP contribution in [-0.4, -0.2) is 13.2 Å². The Kier molecular flexibility index (Phi) is 6.46. The van der Waals surface area contributed by atoms with Crippen LogP contribution < -0.4 is 15.2 Å². The zero-order valence-electron chi connectivity index (χ0n) is 12.0. The van der Waals surface area contributed by atoms with Crippen molar-refractivity contribution in [2.24, 2.45) is 0 Å². The molecule has 0 saturated carbocycles. The molecule has 3 nitrogen and oxygen atoms in total. The van der Waals surface area contributed by atoms with E-state index in [0.29, 0.717) is 11.4 Å². The Morgan fingerprint density at radius 1 is 1.21 bits per heavy atom. The summed E-state index contributed by atoms with van der Waals surface area (Å²) >= 11 is 0. The Morgan fingerprint density at radius 3 is 2.58 bits per heavy atom. The van der Waals surface area contributed by atoms with Crippen molar-refractivity contribution in [1.29, 1.82) is 0 Å². The first-order valence-corrected chi connectivity index (χ1v) is 6.88. The van der Waals surface area contributed by atoms with Gasteiger partial charge in [0.05, 0.1) is 18.9 Å². The van der Waals surface area contributed by atoms with E-state index in [1.807, 2.05) is 6.92 Å². The Balaban J connectivity index is 2.56. The van der Waals surface area contributed by atoms with Gasteiger partial charge in [-0.05, 0) is 19.8 Å². The van der Waals surface area contributed by atoms with E-state index in [9.17, 15) is 4.39 Å². The van der Waals surface area contributed by atoms with Crippen molar-refractivity contribution < 1.29 is 13.9 Å². The molecule has 0 heterocycles. The molecule has 0 radical (unpaired) electrons. The van der Waals surface area contributed by atoms with Crippen LogP contribution in [0.25, 0.3) is 0 Å². The first-order valence-electron chi connectivity index (χ1n) is 6.88. The summed E-state index contributed by atoms with van der Waals surface area (Å²) in [6, 6.07) is 2.74. The molecule has 1 atom stereocenters. The van der Waals surface area contributed by atoms with Gasteiger partial charge >= 0.3 is 0 Å². The highest BCUT2D eigenvalue weighted by molar-refractivity contribution is 5.56. The van der Waals surface area contributed by atoms with Gasteiger partial charge in [-0.25, -0.2) is 4.39 Å². The van der Waals surface area contributed by atoms with Crippen molar-refractivity contribution in [3.8, 4) is 11.5 Å². The highest BCUT2D eigenvalue weighted by Crippen LogP contribution is 2.31. The highest BCUT2D eigenvalue weighted by Gasteiger charge is 2.12. The third-order valence-electron chi connectivity index (χ3n) is 3.08. The van der Waals surface area contributed by atoms with E-state index < -0.39 is 5.82 Å². The number of methoxy groups -OCH3 is 1. The lowest BCUT2D eigenvalue weighted by Gasteiger charge is -2.17. The standard InChI is InChI=1S/C15H24FNO2/c1-4-5-6-7-8-11(2)19-15-10-14(18-3)12(16)9-13(15)17/h9-11H,4-8,17H2,1-3H3. The summed E-state index contributed by atoms with van der Waals surface area (Å²) in [5.41, 5.74) is 6.05. The average Bonchev–Trinajstić information content (AvgIpc) is 2.38. The van der Waals surface area contributed by atoms with Gasteiger partial charge in [0.1, 0.15) is 5.75 Å². The van der Waals surface area contributed by atoms with E-state index in [1.54, 1.807) is 0 Å². The third-order valence-corrected chi connectivity index (χ3v) is 3.08. The van der Waals surface area contributed by atoms with E-state index in [-0.39, 0.29) is 11.9 Å². The summed E-state index contributed by atoms with van der Waals surface area (Å²) in [6.07, 6.45) is 5.85. The average molecular weight is 269 g/mol. The number of anilines is 1. The summed E-state index contributed by atoms with van der Waals surface area (Å²) < 4.78 is 24.1. The van der Waals surface area contributed by atoms with Gasteiger partial charge in [-0.1, -0.05) is 26.2 Å². The number of nitrogen functional groups attached to an aromatic ring is 1. The zero-order valence-corrected chi connectivity index (χ0v) is 12.0. The van der Waals surface area contributed by atoms with Crippen LogP contribution in [0.15, 0.2) is 12.1 Å².